The minimum atomic E-state index is 1.02. The van der Waals surface area contributed by atoms with Gasteiger partial charge in [-0.05, 0) is 35.5 Å². The van der Waals surface area contributed by atoms with Crippen molar-refractivity contribution in [3.63, 3.8) is 0 Å². The van der Waals surface area contributed by atoms with E-state index in [2.05, 4.69) is 41.5 Å². The van der Waals surface area contributed by atoms with Crippen molar-refractivity contribution in [1.82, 2.24) is 0 Å². The second-order valence-electron chi connectivity index (χ2n) is 12.7. The third-order valence-electron chi connectivity index (χ3n) is 9.62. The molecule has 0 nitrogen and oxygen atoms in total. The number of hydrogen-bond donors (Lipinski definition) is 0. The molecule has 0 unspecified atom stereocenters. The average molecular weight is 463 g/mol. The van der Waals surface area contributed by atoms with E-state index < -0.39 is 0 Å². The lowest BCUT2D eigenvalue weighted by molar-refractivity contribution is 0.284. The van der Waals surface area contributed by atoms with E-state index in [1.54, 1.807) is 0 Å². The molecular formula is C33H66. The summed E-state index contributed by atoms with van der Waals surface area (Å²) in [6.07, 6.45) is 31.1. The Morgan fingerprint density at radius 3 is 0.818 bits per heavy atom. The molecule has 198 valence electrons. The van der Waals surface area contributed by atoms with Crippen LogP contribution in [0.4, 0.5) is 0 Å². The van der Waals surface area contributed by atoms with Gasteiger partial charge in [0.1, 0.15) is 0 Å². The summed E-state index contributed by atoms with van der Waals surface area (Å²) in [6.45, 7) is 14.1. The van der Waals surface area contributed by atoms with E-state index in [1.807, 2.05) is 0 Å². The van der Waals surface area contributed by atoms with Crippen molar-refractivity contribution in [3.05, 3.63) is 0 Å². The van der Waals surface area contributed by atoms with Crippen LogP contribution in [0, 0.1) is 35.5 Å². The molecule has 0 heterocycles. The summed E-state index contributed by atoms with van der Waals surface area (Å²) in [6, 6.07) is 0. The van der Waals surface area contributed by atoms with Crippen molar-refractivity contribution in [2.24, 2.45) is 35.5 Å². The highest BCUT2D eigenvalue weighted by Gasteiger charge is 2.16. The summed E-state index contributed by atoms with van der Waals surface area (Å²) < 4.78 is 0. The van der Waals surface area contributed by atoms with Crippen LogP contribution in [-0.2, 0) is 0 Å². The van der Waals surface area contributed by atoms with Crippen molar-refractivity contribution in [3.8, 4) is 0 Å². The fourth-order valence-electron chi connectivity index (χ4n) is 6.35. The van der Waals surface area contributed by atoms with E-state index in [9.17, 15) is 0 Å². The number of hydrogen-bond acceptors (Lipinski definition) is 0. The van der Waals surface area contributed by atoms with Crippen molar-refractivity contribution in [2.45, 2.75) is 176 Å². The fourth-order valence-corrected chi connectivity index (χ4v) is 6.35. The molecule has 33 heavy (non-hydrogen) atoms. The van der Waals surface area contributed by atoms with Crippen LogP contribution in [0.3, 0.4) is 0 Å². The average Bonchev–Trinajstić information content (AvgIpc) is 2.88. The molecule has 4 saturated carbocycles. The highest BCUT2D eigenvalue weighted by Crippen LogP contribution is 2.30. The van der Waals surface area contributed by atoms with Gasteiger partial charge in [-0.15, -0.1) is 0 Å². The third kappa shape index (κ3) is 16.3. The fraction of sp³-hybridized carbons (Fsp3) is 1.00. The van der Waals surface area contributed by atoms with Gasteiger partial charge in [-0.2, -0.15) is 0 Å². The first kappa shape index (κ1) is 31.0. The van der Waals surface area contributed by atoms with Crippen molar-refractivity contribution >= 4 is 0 Å². The molecule has 0 aromatic heterocycles. The van der Waals surface area contributed by atoms with E-state index in [0.29, 0.717) is 0 Å². The first-order chi connectivity index (χ1) is 16.0. The quantitative estimate of drug-likeness (QED) is 0.391. The summed E-state index contributed by atoms with van der Waals surface area (Å²) in [7, 11) is 0. The summed E-state index contributed by atoms with van der Waals surface area (Å²) in [4.78, 5) is 0. The van der Waals surface area contributed by atoms with E-state index in [1.165, 1.54) is 135 Å². The van der Waals surface area contributed by atoms with Gasteiger partial charge in [0.15, 0.2) is 0 Å². The molecule has 0 bridgehead atoms. The Labute approximate surface area is 211 Å². The van der Waals surface area contributed by atoms with Crippen molar-refractivity contribution < 1.29 is 0 Å². The van der Waals surface area contributed by atoms with Gasteiger partial charge in [0.25, 0.3) is 0 Å². The van der Waals surface area contributed by atoms with Crippen LogP contribution < -0.4 is 0 Å². The summed E-state index contributed by atoms with van der Waals surface area (Å²) in [5, 5.41) is 0. The molecule has 0 atom stereocenters. The topological polar surface area (TPSA) is 0 Å². The molecule has 4 fully saturated rings. The smallest absolute Gasteiger partial charge is 0.0417 e. The van der Waals surface area contributed by atoms with E-state index in [0.717, 1.165) is 35.5 Å². The summed E-state index contributed by atoms with van der Waals surface area (Å²) in [5.41, 5.74) is 0. The van der Waals surface area contributed by atoms with E-state index in [-0.39, 0.29) is 0 Å². The van der Waals surface area contributed by atoms with Crippen molar-refractivity contribution in [2.75, 3.05) is 0 Å². The largest absolute Gasteiger partial charge is 0.0651 e. The van der Waals surface area contributed by atoms with Crippen LogP contribution in [0.15, 0.2) is 0 Å². The molecule has 0 saturated heterocycles. The molecule has 4 aliphatic carbocycles. The Kier molecular flexibility index (Phi) is 19.0. The van der Waals surface area contributed by atoms with E-state index >= 15 is 0 Å². The predicted molar refractivity (Wildman–Crippen MR) is 152 cm³/mol. The van der Waals surface area contributed by atoms with Gasteiger partial charge < -0.3 is 0 Å². The molecule has 0 aromatic rings. The van der Waals surface area contributed by atoms with Crippen LogP contribution in [0.25, 0.3) is 0 Å². The van der Waals surface area contributed by atoms with Gasteiger partial charge >= 0.3 is 0 Å². The van der Waals surface area contributed by atoms with Crippen LogP contribution >= 0.6 is 0 Å². The molecular weight excluding hydrogens is 396 g/mol. The van der Waals surface area contributed by atoms with Gasteiger partial charge in [0.05, 0.1) is 0 Å². The molecule has 4 aliphatic rings. The zero-order valence-electron chi connectivity index (χ0n) is 24.3. The van der Waals surface area contributed by atoms with Crippen molar-refractivity contribution in [1.29, 1.82) is 0 Å². The maximum atomic E-state index is 2.38. The Morgan fingerprint density at radius 2 is 0.576 bits per heavy atom. The highest BCUT2D eigenvalue weighted by atomic mass is 14.2. The lowest BCUT2D eigenvalue weighted by Crippen LogP contribution is -2.10. The molecule has 0 amide bonds. The zero-order valence-corrected chi connectivity index (χ0v) is 24.3. The molecule has 0 aromatic carbocycles. The second kappa shape index (κ2) is 20.2. The Balaban J connectivity index is 0.000000220. The molecule has 0 aliphatic heterocycles. The second-order valence-corrected chi connectivity index (χ2v) is 12.7. The first-order valence-electron chi connectivity index (χ1n) is 16.0. The standard InChI is InChI=1S/C9H18.3C8H16/c1-3-9-6-4-8(2)5-7-9;1-7-3-5-8(2)6-4-7;2*1-2-8-6-4-3-5-7-8/h8-9H,3-7H2,1-2H3;7-8H,3-6H2,1-2H3;2*8H,2-7H2,1H3. The molecule has 0 spiro atoms. The Morgan fingerprint density at radius 1 is 0.333 bits per heavy atom. The molecule has 0 radical (unpaired) electrons. The minimum Gasteiger partial charge on any atom is -0.0651 e. The normalized spacial score (nSPS) is 31.1. The Hall–Kier alpha value is 0. The van der Waals surface area contributed by atoms with E-state index in [4.69, 9.17) is 0 Å². The highest BCUT2D eigenvalue weighted by molar-refractivity contribution is 4.68. The first-order valence-corrected chi connectivity index (χ1v) is 16.0. The van der Waals surface area contributed by atoms with Gasteiger partial charge in [0, 0.05) is 0 Å². The van der Waals surface area contributed by atoms with Crippen LogP contribution in [-0.4, -0.2) is 0 Å². The zero-order chi connectivity index (χ0) is 24.3. The summed E-state index contributed by atoms with van der Waals surface area (Å²) >= 11 is 0. The maximum Gasteiger partial charge on any atom is -0.0417 e. The lowest BCUT2D eigenvalue weighted by atomic mass is 9.82. The predicted octanol–water partition coefficient (Wildman–Crippen LogP) is 12.0. The van der Waals surface area contributed by atoms with Gasteiger partial charge in [0.2, 0.25) is 0 Å². The molecule has 0 N–H and O–H groups in total. The monoisotopic (exact) mass is 463 g/mol. The molecule has 4 rings (SSSR count). The van der Waals surface area contributed by atoms with Gasteiger partial charge in [-0.1, -0.05) is 176 Å². The lowest BCUT2D eigenvalue weighted by Gasteiger charge is -2.24. The minimum absolute atomic E-state index is 1.02. The summed E-state index contributed by atoms with van der Waals surface area (Å²) in [5.74, 6) is 6.30. The van der Waals surface area contributed by atoms with Crippen LogP contribution in [0.5, 0.6) is 0 Å². The van der Waals surface area contributed by atoms with Gasteiger partial charge in [-0.25, -0.2) is 0 Å². The molecule has 0 heteroatoms. The third-order valence-corrected chi connectivity index (χ3v) is 9.62. The number of rotatable bonds is 3. The van der Waals surface area contributed by atoms with Gasteiger partial charge in [-0.3, -0.25) is 0 Å². The SMILES string of the molecule is CC1CCC(C)CC1.CCC1CCC(C)CC1.CCC1CCCCC1.CCC1CCCCC1. The van der Waals surface area contributed by atoms with Crippen LogP contribution in [0.1, 0.15) is 176 Å². The Bertz CT molecular complexity index is 356. The maximum absolute atomic E-state index is 2.38. The van der Waals surface area contributed by atoms with Crippen LogP contribution in [0.2, 0.25) is 0 Å².